The van der Waals surface area contributed by atoms with Gasteiger partial charge in [0.05, 0.1) is 0 Å². The third-order valence-corrected chi connectivity index (χ3v) is 3.42. The summed E-state index contributed by atoms with van der Waals surface area (Å²) < 4.78 is 11.6. The van der Waals surface area contributed by atoms with Crippen molar-refractivity contribution >= 4 is 11.0 Å². The first-order chi connectivity index (χ1) is 8.88. The van der Waals surface area contributed by atoms with Crippen LogP contribution in [0, 0.1) is 5.92 Å². The maximum absolute atomic E-state index is 5.89. The van der Waals surface area contributed by atoms with E-state index in [1.54, 1.807) is 0 Å². The van der Waals surface area contributed by atoms with Crippen LogP contribution in [0.1, 0.15) is 24.2 Å². The van der Waals surface area contributed by atoms with Gasteiger partial charge in [-0.25, -0.2) is 0 Å². The van der Waals surface area contributed by atoms with Gasteiger partial charge >= 0.3 is 0 Å². The van der Waals surface area contributed by atoms with Crippen LogP contribution in [0.4, 0.5) is 0 Å². The Kier molecular flexibility index (Phi) is 3.35. The molecule has 18 heavy (non-hydrogen) atoms. The predicted octanol–water partition coefficient (Wildman–Crippen LogP) is 3.08. The van der Waals surface area contributed by atoms with Gasteiger partial charge in [0.15, 0.2) is 0 Å². The van der Waals surface area contributed by atoms with Crippen LogP contribution in [-0.4, -0.2) is 13.7 Å². The molecule has 2 aromatic rings. The van der Waals surface area contributed by atoms with E-state index in [2.05, 4.69) is 11.4 Å². The molecule has 0 atom stereocenters. The molecular formula is C15H19NO2. The summed E-state index contributed by atoms with van der Waals surface area (Å²) >= 11 is 0. The first-order valence-corrected chi connectivity index (χ1v) is 6.60. The summed E-state index contributed by atoms with van der Waals surface area (Å²) in [5, 5.41) is 4.39. The SMILES string of the molecule is CNCc1c(COCC2CC2)oc2ccccc12. The standard InChI is InChI=1S/C15H19NO2/c1-16-8-13-12-4-2-3-5-14(12)18-15(13)10-17-9-11-6-7-11/h2-5,11,16H,6-10H2,1H3. The quantitative estimate of drug-likeness (QED) is 0.849. The Balaban J connectivity index is 1.81. The molecule has 1 aromatic carbocycles. The molecule has 0 amide bonds. The van der Waals surface area contributed by atoms with E-state index < -0.39 is 0 Å². The normalized spacial score (nSPS) is 15.4. The Labute approximate surface area is 107 Å². The number of para-hydroxylation sites is 1. The van der Waals surface area contributed by atoms with Crippen molar-refractivity contribution in [2.24, 2.45) is 5.92 Å². The highest BCUT2D eigenvalue weighted by molar-refractivity contribution is 5.82. The second-order valence-electron chi connectivity index (χ2n) is 4.99. The lowest BCUT2D eigenvalue weighted by Crippen LogP contribution is -2.07. The Hall–Kier alpha value is -1.32. The summed E-state index contributed by atoms with van der Waals surface area (Å²) in [5.41, 5.74) is 2.18. The minimum Gasteiger partial charge on any atom is -0.458 e. The van der Waals surface area contributed by atoms with Gasteiger partial charge in [0.25, 0.3) is 0 Å². The van der Waals surface area contributed by atoms with Crippen molar-refractivity contribution in [1.29, 1.82) is 0 Å². The molecule has 0 saturated heterocycles. The molecule has 3 rings (SSSR count). The number of rotatable bonds is 6. The van der Waals surface area contributed by atoms with Gasteiger partial charge in [-0.05, 0) is 31.9 Å². The zero-order valence-corrected chi connectivity index (χ0v) is 10.7. The average molecular weight is 245 g/mol. The summed E-state index contributed by atoms with van der Waals surface area (Å²) in [5.74, 6) is 1.76. The molecule has 3 nitrogen and oxygen atoms in total. The summed E-state index contributed by atoms with van der Waals surface area (Å²) in [7, 11) is 1.95. The van der Waals surface area contributed by atoms with Crippen molar-refractivity contribution in [3.8, 4) is 0 Å². The van der Waals surface area contributed by atoms with Gasteiger partial charge in [-0.15, -0.1) is 0 Å². The van der Waals surface area contributed by atoms with Crippen LogP contribution in [0.2, 0.25) is 0 Å². The minimum absolute atomic E-state index is 0.586. The summed E-state index contributed by atoms with van der Waals surface area (Å²) in [4.78, 5) is 0. The molecule has 1 saturated carbocycles. The molecule has 1 N–H and O–H groups in total. The first-order valence-electron chi connectivity index (χ1n) is 6.60. The van der Waals surface area contributed by atoms with E-state index in [4.69, 9.17) is 9.15 Å². The molecule has 96 valence electrons. The fraction of sp³-hybridized carbons (Fsp3) is 0.467. The second-order valence-corrected chi connectivity index (χ2v) is 4.99. The smallest absolute Gasteiger partial charge is 0.135 e. The van der Waals surface area contributed by atoms with Gasteiger partial charge in [-0.1, -0.05) is 18.2 Å². The molecule has 0 spiro atoms. The van der Waals surface area contributed by atoms with E-state index in [0.29, 0.717) is 6.61 Å². The van der Waals surface area contributed by atoms with Gasteiger partial charge in [0.2, 0.25) is 0 Å². The van der Waals surface area contributed by atoms with Crippen LogP contribution >= 0.6 is 0 Å². The molecule has 0 radical (unpaired) electrons. The molecular weight excluding hydrogens is 226 g/mol. The number of nitrogens with one attached hydrogen (secondary N) is 1. The van der Waals surface area contributed by atoms with Crippen LogP contribution in [0.25, 0.3) is 11.0 Å². The van der Waals surface area contributed by atoms with Crippen LogP contribution in [0.15, 0.2) is 28.7 Å². The highest BCUT2D eigenvalue weighted by Gasteiger charge is 2.22. The lowest BCUT2D eigenvalue weighted by Gasteiger charge is -2.03. The molecule has 1 aliphatic rings. The zero-order valence-electron chi connectivity index (χ0n) is 10.7. The number of hydrogen-bond donors (Lipinski definition) is 1. The molecule has 1 aliphatic carbocycles. The van der Waals surface area contributed by atoms with Crippen molar-refractivity contribution in [3.05, 3.63) is 35.6 Å². The van der Waals surface area contributed by atoms with Crippen LogP contribution < -0.4 is 5.32 Å². The van der Waals surface area contributed by atoms with Crippen molar-refractivity contribution in [3.63, 3.8) is 0 Å². The number of fused-ring (bicyclic) bond motifs is 1. The number of ether oxygens (including phenoxy) is 1. The van der Waals surface area contributed by atoms with Crippen molar-refractivity contribution in [2.75, 3.05) is 13.7 Å². The van der Waals surface area contributed by atoms with E-state index in [0.717, 1.165) is 30.4 Å². The lowest BCUT2D eigenvalue weighted by molar-refractivity contribution is 0.0976. The van der Waals surface area contributed by atoms with Gasteiger partial charge < -0.3 is 14.5 Å². The zero-order chi connectivity index (χ0) is 12.4. The summed E-state index contributed by atoms with van der Waals surface area (Å²) in [6.45, 7) is 2.28. The van der Waals surface area contributed by atoms with Gasteiger partial charge in [-0.2, -0.15) is 0 Å². The highest BCUT2D eigenvalue weighted by atomic mass is 16.5. The average Bonchev–Trinajstić information content (AvgIpc) is 3.14. The number of hydrogen-bond acceptors (Lipinski definition) is 3. The molecule has 3 heteroatoms. The summed E-state index contributed by atoms with van der Waals surface area (Å²) in [6.07, 6.45) is 2.65. The highest BCUT2D eigenvalue weighted by Crippen LogP contribution is 2.30. The molecule has 1 heterocycles. The van der Waals surface area contributed by atoms with Gasteiger partial charge in [0.1, 0.15) is 18.0 Å². The molecule has 0 unspecified atom stereocenters. The number of benzene rings is 1. The molecule has 1 fully saturated rings. The maximum Gasteiger partial charge on any atom is 0.135 e. The van der Waals surface area contributed by atoms with Crippen LogP contribution in [-0.2, 0) is 17.9 Å². The third-order valence-electron chi connectivity index (χ3n) is 3.42. The second kappa shape index (κ2) is 5.12. The largest absolute Gasteiger partial charge is 0.458 e. The van der Waals surface area contributed by atoms with E-state index in [1.165, 1.54) is 23.8 Å². The predicted molar refractivity (Wildman–Crippen MR) is 71.4 cm³/mol. The van der Waals surface area contributed by atoms with Gasteiger partial charge in [-0.3, -0.25) is 0 Å². The number of furan rings is 1. The molecule has 1 aromatic heterocycles. The molecule has 0 aliphatic heterocycles. The minimum atomic E-state index is 0.586. The first kappa shape index (κ1) is 11.8. The fourth-order valence-corrected chi connectivity index (χ4v) is 2.24. The van der Waals surface area contributed by atoms with Gasteiger partial charge in [0, 0.05) is 24.1 Å². The van der Waals surface area contributed by atoms with Crippen molar-refractivity contribution in [2.45, 2.75) is 26.0 Å². The fourth-order valence-electron chi connectivity index (χ4n) is 2.24. The lowest BCUT2D eigenvalue weighted by atomic mass is 10.1. The Bertz CT molecular complexity index is 528. The summed E-state index contributed by atoms with van der Waals surface area (Å²) in [6, 6.07) is 8.17. The Morgan fingerprint density at radius 2 is 2.17 bits per heavy atom. The van der Waals surface area contributed by atoms with E-state index in [9.17, 15) is 0 Å². The van der Waals surface area contributed by atoms with Crippen molar-refractivity contribution in [1.82, 2.24) is 5.32 Å². The topological polar surface area (TPSA) is 34.4 Å². The van der Waals surface area contributed by atoms with E-state index in [-0.39, 0.29) is 0 Å². The Morgan fingerprint density at radius 1 is 1.33 bits per heavy atom. The van der Waals surface area contributed by atoms with Crippen LogP contribution in [0.5, 0.6) is 0 Å². The Morgan fingerprint density at radius 3 is 2.94 bits per heavy atom. The maximum atomic E-state index is 5.89. The molecule has 0 bridgehead atoms. The monoisotopic (exact) mass is 245 g/mol. The van der Waals surface area contributed by atoms with E-state index >= 15 is 0 Å². The van der Waals surface area contributed by atoms with Crippen molar-refractivity contribution < 1.29 is 9.15 Å². The van der Waals surface area contributed by atoms with Crippen LogP contribution in [0.3, 0.4) is 0 Å². The third kappa shape index (κ3) is 2.42. The van der Waals surface area contributed by atoms with E-state index in [1.807, 2.05) is 25.2 Å².